The highest BCUT2D eigenvalue weighted by Crippen LogP contribution is 2.21. The highest BCUT2D eigenvalue weighted by atomic mass is 32.1. The number of nitrogens with zero attached hydrogens (tertiary/aromatic N) is 3. The summed E-state index contributed by atoms with van der Waals surface area (Å²) in [5, 5.41) is 13.3. The van der Waals surface area contributed by atoms with E-state index in [1.165, 1.54) is 18.9 Å². The maximum Gasteiger partial charge on any atom is 0.264 e. The molecule has 21 heavy (non-hydrogen) atoms. The summed E-state index contributed by atoms with van der Waals surface area (Å²) in [6.45, 7) is 2.70. The van der Waals surface area contributed by atoms with Crippen molar-refractivity contribution in [1.29, 1.82) is 0 Å². The third-order valence-corrected chi connectivity index (χ3v) is 4.51. The van der Waals surface area contributed by atoms with Crippen molar-refractivity contribution in [2.45, 2.75) is 31.8 Å². The van der Waals surface area contributed by atoms with Crippen molar-refractivity contribution in [2.24, 2.45) is 0 Å². The molecule has 6 nitrogen and oxygen atoms in total. The number of hydrogen-bond acceptors (Lipinski definition) is 6. The van der Waals surface area contributed by atoms with E-state index in [0.29, 0.717) is 6.04 Å². The van der Waals surface area contributed by atoms with E-state index in [2.05, 4.69) is 25.4 Å². The van der Waals surface area contributed by atoms with Crippen LogP contribution in [-0.2, 0) is 6.54 Å². The van der Waals surface area contributed by atoms with Gasteiger partial charge >= 0.3 is 0 Å². The summed E-state index contributed by atoms with van der Waals surface area (Å²) in [5.41, 5.74) is -0.158. The molecule has 2 aromatic rings. The van der Waals surface area contributed by atoms with E-state index in [1.807, 2.05) is 11.6 Å². The summed E-state index contributed by atoms with van der Waals surface area (Å²) in [7, 11) is 0. The average molecular weight is 305 g/mol. The third-order valence-electron chi connectivity index (χ3n) is 3.73. The largest absolute Gasteiger partial charge is 0.351 e. The van der Waals surface area contributed by atoms with Crippen LogP contribution in [0.1, 0.15) is 24.3 Å². The number of piperidine rings is 1. The van der Waals surface area contributed by atoms with Crippen LogP contribution in [0, 0.1) is 0 Å². The van der Waals surface area contributed by atoms with Gasteiger partial charge in [0.05, 0.1) is 0 Å². The van der Waals surface area contributed by atoms with Gasteiger partial charge in [-0.1, -0.05) is 0 Å². The molecule has 0 aromatic carbocycles. The van der Waals surface area contributed by atoms with Gasteiger partial charge in [0.15, 0.2) is 0 Å². The summed E-state index contributed by atoms with van der Waals surface area (Å²) in [5.74, 6) is 0.857. The van der Waals surface area contributed by atoms with Gasteiger partial charge in [-0.05, 0) is 25.3 Å². The molecule has 2 N–H and O–H groups in total. The van der Waals surface area contributed by atoms with Gasteiger partial charge in [0, 0.05) is 43.3 Å². The van der Waals surface area contributed by atoms with Gasteiger partial charge in [-0.25, -0.2) is 10.1 Å². The van der Waals surface area contributed by atoms with E-state index in [-0.39, 0.29) is 5.56 Å². The van der Waals surface area contributed by atoms with E-state index in [9.17, 15) is 4.79 Å². The lowest BCUT2D eigenvalue weighted by atomic mass is 10.0. The van der Waals surface area contributed by atoms with Crippen LogP contribution in [0.15, 0.2) is 28.5 Å². The van der Waals surface area contributed by atoms with E-state index in [0.717, 1.165) is 36.9 Å². The third kappa shape index (κ3) is 3.68. The first kappa shape index (κ1) is 14.2. The molecular formula is C14H19N5OS. The number of H-pyrrole nitrogens is 1. The Labute approximate surface area is 127 Å². The van der Waals surface area contributed by atoms with Crippen LogP contribution in [-0.4, -0.2) is 34.3 Å². The summed E-state index contributed by atoms with van der Waals surface area (Å²) in [6, 6.07) is 3.76. The van der Waals surface area contributed by atoms with Gasteiger partial charge < -0.3 is 10.2 Å². The van der Waals surface area contributed by atoms with Crippen LogP contribution < -0.4 is 15.8 Å². The normalized spacial score (nSPS) is 18.9. The second-order valence-corrected chi connectivity index (χ2v) is 6.16. The molecule has 1 saturated heterocycles. The molecule has 0 aliphatic carbocycles. The lowest BCUT2D eigenvalue weighted by Gasteiger charge is -2.36. The lowest BCUT2D eigenvalue weighted by Crippen LogP contribution is -2.46. The Hall–Kier alpha value is -1.73. The van der Waals surface area contributed by atoms with E-state index in [4.69, 9.17) is 0 Å². The molecule has 1 fully saturated rings. The molecule has 1 aliphatic rings. The number of anilines is 1. The smallest absolute Gasteiger partial charge is 0.264 e. The fourth-order valence-electron chi connectivity index (χ4n) is 2.70. The Balaban J connectivity index is 1.61. The number of aromatic nitrogens is 3. The summed E-state index contributed by atoms with van der Waals surface area (Å²) in [6.07, 6.45) is 5.39. The first-order valence-corrected chi connectivity index (χ1v) is 8.12. The van der Waals surface area contributed by atoms with E-state index < -0.39 is 0 Å². The monoisotopic (exact) mass is 305 g/mol. The first-order chi connectivity index (χ1) is 10.3. The van der Waals surface area contributed by atoms with Gasteiger partial charge in [0.2, 0.25) is 0 Å². The Morgan fingerprint density at radius 1 is 1.43 bits per heavy atom. The van der Waals surface area contributed by atoms with Gasteiger partial charge in [-0.15, -0.1) is 11.3 Å². The molecule has 0 bridgehead atoms. The first-order valence-electron chi connectivity index (χ1n) is 7.24. The number of thiazole rings is 1. The Morgan fingerprint density at radius 2 is 2.38 bits per heavy atom. The zero-order chi connectivity index (χ0) is 14.5. The van der Waals surface area contributed by atoms with Crippen molar-refractivity contribution in [2.75, 3.05) is 18.0 Å². The van der Waals surface area contributed by atoms with Crippen LogP contribution in [0.3, 0.4) is 0 Å². The fraction of sp³-hybridized carbons (Fsp3) is 0.500. The molecule has 1 unspecified atom stereocenters. The van der Waals surface area contributed by atoms with Crippen molar-refractivity contribution >= 4 is 17.2 Å². The van der Waals surface area contributed by atoms with Crippen LogP contribution in [0.2, 0.25) is 0 Å². The van der Waals surface area contributed by atoms with Crippen molar-refractivity contribution in [3.63, 3.8) is 0 Å². The van der Waals surface area contributed by atoms with Crippen molar-refractivity contribution in [1.82, 2.24) is 20.5 Å². The Bertz CT molecular complexity index is 592. The minimum absolute atomic E-state index is 0.158. The maximum absolute atomic E-state index is 11.1. The quantitative estimate of drug-likeness (QED) is 0.873. The standard InChI is InChI=1S/C14H19N5OS/c20-13-5-4-12(17-18-13)19-7-2-1-3-11(19)9-15-10-14-16-6-8-21-14/h4-6,8,11,15H,1-3,7,9-10H2,(H,18,20). The number of aromatic amines is 1. The molecule has 112 valence electrons. The lowest BCUT2D eigenvalue weighted by molar-refractivity contribution is 0.431. The molecule has 3 rings (SSSR count). The van der Waals surface area contributed by atoms with Crippen molar-refractivity contribution < 1.29 is 0 Å². The highest BCUT2D eigenvalue weighted by molar-refractivity contribution is 7.09. The van der Waals surface area contributed by atoms with Crippen LogP contribution >= 0.6 is 11.3 Å². The van der Waals surface area contributed by atoms with Gasteiger partial charge in [-0.2, -0.15) is 5.10 Å². The minimum Gasteiger partial charge on any atom is -0.351 e. The molecule has 0 saturated carbocycles. The minimum atomic E-state index is -0.158. The molecule has 0 amide bonds. The molecule has 3 heterocycles. The highest BCUT2D eigenvalue weighted by Gasteiger charge is 2.23. The predicted molar refractivity (Wildman–Crippen MR) is 83.7 cm³/mol. The topological polar surface area (TPSA) is 73.9 Å². The summed E-state index contributed by atoms with van der Waals surface area (Å²) < 4.78 is 0. The Kier molecular flexibility index (Phi) is 4.62. The molecule has 2 aromatic heterocycles. The number of hydrogen-bond donors (Lipinski definition) is 2. The van der Waals surface area contributed by atoms with Crippen LogP contribution in [0.5, 0.6) is 0 Å². The maximum atomic E-state index is 11.1. The zero-order valence-corrected chi connectivity index (χ0v) is 12.6. The Morgan fingerprint density at radius 3 is 3.14 bits per heavy atom. The molecular weight excluding hydrogens is 286 g/mol. The number of rotatable bonds is 5. The SMILES string of the molecule is O=c1ccc(N2CCCCC2CNCc2nccs2)n[nH]1. The molecule has 1 atom stereocenters. The van der Waals surface area contributed by atoms with Crippen molar-refractivity contribution in [3.8, 4) is 0 Å². The summed E-state index contributed by atoms with van der Waals surface area (Å²) in [4.78, 5) is 17.7. The second-order valence-electron chi connectivity index (χ2n) is 5.18. The second kappa shape index (κ2) is 6.82. The molecule has 0 spiro atoms. The van der Waals surface area contributed by atoms with Crippen molar-refractivity contribution in [3.05, 3.63) is 39.1 Å². The summed E-state index contributed by atoms with van der Waals surface area (Å²) >= 11 is 1.67. The number of nitrogens with one attached hydrogen (secondary N) is 2. The van der Waals surface area contributed by atoms with E-state index in [1.54, 1.807) is 17.4 Å². The van der Waals surface area contributed by atoms with Crippen LogP contribution in [0.4, 0.5) is 5.82 Å². The molecule has 1 aliphatic heterocycles. The zero-order valence-electron chi connectivity index (χ0n) is 11.8. The predicted octanol–water partition coefficient (Wildman–Crippen LogP) is 1.38. The van der Waals surface area contributed by atoms with Gasteiger partial charge in [0.1, 0.15) is 10.8 Å². The fourth-order valence-corrected chi connectivity index (χ4v) is 3.28. The molecule has 0 radical (unpaired) electrons. The average Bonchev–Trinajstić information content (AvgIpc) is 3.02. The van der Waals surface area contributed by atoms with Gasteiger partial charge in [0.25, 0.3) is 5.56 Å². The van der Waals surface area contributed by atoms with E-state index >= 15 is 0 Å². The van der Waals surface area contributed by atoms with Gasteiger partial charge in [-0.3, -0.25) is 4.79 Å². The van der Waals surface area contributed by atoms with Crippen LogP contribution in [0.25, 0.3) is 0 Å². The molecule has 7 heteroatoms.